The van der Waals surface area contributed by atoms with Crippen molar-refractivity contribution in [1.29, 1.82) is 0 Å². The minimum atomic E-state index is -1.02. The zero-order valence-corrected chi connectivity index (χ0v) is 10.8. The number of nitrogens with one attached hydrogen (secondary N) is 1. The van der Waals surface area contributed by atoms with E-state index in [1.54, 1.807) is 0 Å². The summed E-state index contributed by atoms with van der Waals surface area (Å²) >= 11 is 5.79. The lowest BCUT2D eigenvalue weighted by Gasteiger charge is -2.32. The molecule has 0 unspecified atom stereocenters. The van der Waals surface area contributed by atoms with Crippen LogP contribution in [0.15, 0.2) is 12.1 Å². The summed E-state index contributed by atoms with van der Waals surface area (Å²) < 4.78 is 0. The largest absolute Gasteiger partial charge is 0.478 e. The fraction of sp³-hybridized carbons (Fsp3) is 0.455. The predicted molar refractivity (Wildman–Crippen MR) is 68.9 cm³/mol. The maximum Gasteiger partial charge on any atom is 0.339 e. The first-order valence-electron chi connectivity index (χ1n) is 5.66. The molecule has 1 aliphatic heterocycles. The second kappa shape index (κ2) is 5.51. The van der Waals surface area contributed by atoms with Gasteiger partial charge in [-0.05, 0) is 19.2 Å². The van der Waals surface area contributed by atoms with Crippen molar-refractivity contribution < 1.29 is 9.90 Å². The van der Waals surface area contributed by atoms with Crippen LogP contribution in [0.3, 0.4) is 0 Å². The van der Waals surface area contributed by atoms with E-state index in [4.69, 9.17) is 16.7 Å². The van der Waals surface area contributed by atoms with Gasteiger partial charge in [0.05, 0.1) is 0 Å². The smallest absolute Gasteiger partial charge is 0.339 e. The molecule has 1 aliphatic rings. The number of likely N-dealkylation sites (N-methyl/N-ethyl adjacent to an activating group) is 1. The van der Waals surface area contributed by atoms with Gasteiger partial charge in [0.15, 0.2) is 5.82 Å². The Morgan fingerprint density at radius 2 is 2.06 bits per heavy atom. The van der Waals surface area contributed by atoms with Crippen LogP contribution in [-0.4, -0.2) is 59.2 Å². The molecule has 0 bridgehead atoms. The van der Waals surface area contributed by atoms with Gasteiger partial charge in [-0.25, -0.2) is 14.8 Å². The van der Waals surface area contributed by atoms with Crippen LogP contribution in [0, 0.1) is 0 Å². The molecule has 0 aliphatic carbocycles. The van der Waals surface area contributed by atoms with Crippen molar-refractivity contribution in [2.75, 3.05) is 38.7 Å². The zero-order valence-electron chi connectivity index (χ0n) is 10.1. The summed E-state index contributed by atoms with van der Waals surface area (Å²) in [6, 6.07) is 2.93. The normalized spacial score (nSPS) is 17.7. The molecule has 1 aromatic heterocycles. The van der Waals surface area contributed by atoms with Crippen LogP contribution in [0.5, 0.6) is 0 Å². The van der Waals surface area contributed by atoms with Crippen molar-refractivity contribution >= 4 is 23.4 Å². The molecule has 2 N–H and O–H groups in total. The number of pyridine rings is 1. The molecule has 1 fully saturated rings. The molecule has 1 aromatic rings. The van der Waals surface area contributed by atoms with E-state index in [2.05, 4.69) is 22.4 Å². The first kappa shape index (κ1) is 13.1. The fourth-order valence-corrected chi connectivity index (χ4v) is 1.91. The molecule has 0 radical (unpaired) electrons. The van der Waals surface area contributed by atoms with Crippen molar-refractivity contribution in [3.05, 3.63) is 22.8 Å². The zero-order chi connectivity index (χ0) is 13.1. The second-order valence-electron chi connectivity index (χ2n) is 4.24. The molecule has 1 saturated heterocycles. The molecule has 2 rings (SSSR count). The van der Waals surface area contributed by atoms with Crippen LogP contribution in [0.1, 0.15) is 10.4 Å². The minimum Gasteiger partial charge on any atom is -0.478 e. The van der Waals surface area contributed by atoms with Gasteiger partial charge in [0, 0.05) is 26.2 Å². The highest BCUT2D eigenvalue weighted by Crippen LogP contribution is 2.17. The van der Waals surface area contributed by atoms with Crippen LogP contribution in [0.4, 0.5) is 5.82 Å². The van der Waals surface area contributed by atoms with Crippen molar-refractivity contribution in [1.82, 2.24) is 14.9 Å². The number of halogens is 1. The molecular weight excluding hydrogens is 256 g/mol. The van der Waals surface area contributed by atoms with Crippen molar-refractivity contribution in [2.24, 2.45) is 0 Å². The van der Waals surface area contributed by atoms with Crippen molar-refractivity contribution in [3.8, 4) is 0 Å². The SMILES string of the molecule is CN1CCN(Nc2nc(Cl)ccc2C(=O)O)CC1. The summed E-state index contributed by atoms with van der Waals surface area (Å²) in [6.07, 6.45) is 0. The fourth-order valence-electron chi connectivity index (χ4n) is 1.76. The lowest BCUT2D eigenvalue weighted by atomic mass is 10.2. The molecule has 7 heteroatoms. The number of hydrazine groups is 1. The third-order valence-electron chi connectivity index (χ3n) is 2.86. The number of anilines is 1. The molecule has 0 saturated carbocycles. The Kier molecular flexibility index (Phi) is 4.00. The molecule has 0 amide bonds. The van der Waals surface area contributed by atoms with Crippen LogP contribution in [0.25, 0.3) is 0 Å². The van der Waals surface area contributed by atoms with Gasteiger partial charge in [-0.1, -0.05) is 11.6 Å². The summed E-state index contributed by atoms with van der Waals surface area (Å²) in [6.45, 7) is 3.47. The van der Waals surface area contributed by atoms with Gasteiger partial charge in [-0.2, -0.15) is 0 Å². The average Bonchev–Trinajstić information content (AvgIpc) is 2.32. The van der Waals surface area contributed by atoms with Crippen LogP contribution in [-0.2, 0) is 0 Å². The van der Waals surface area contributed by atoms with Crippen LogP contribution in [0.2, 0.25) is 5.15 Å². The van der Waals surface area contributed by atoms with E-state index in [1.165, 1.54) is 12.1 Å². The molecular formula is C11H15ClN4O2. The van der Waals surface area contributed by atoms with E-state index in [-0.39, 0.29) is 10.7 Å². The first-order chi connectivity index (χ1) is 8.56. The standard InChI is InChI=1S/C11H15ClN4O2/c1-15-4-6-16(7-5-15)14-10-8(11(17)18)2-3-9(12)13-10/h2-3H,4-7H2,1H3,(H,13,14)(H,17,18). The molecule has 0 atom stereocenters. The van der Waals surface area contributed by atoms with Crippen molar-refractivity contribution in [2.45, 2.75) is 0 Å². The van der Waals surface area contributed by atoms with E-state index >= 15 is 0 Å². The maximum atomic E-state index is 11.1. The third-order valence-corrected chi connectivity index (χ3v) is 3.07. The number of rotatable bonds is 3. The maximum absolute atomic E-state index is 11.1. The summed E-state index contributed by atoms with van der Waals surface area (Å²) in [4.78, 5) is 17.3. The molecule has 0 aromatic carbocycles. The third kappa shape index (κ3) is 3.10. The predicted octanol–water partition coefficient (Wildman–Crippen LogP) is 1.01. The summed E-state index contributed by atoms with van der Waals surface area (Å²) in [7, 11) is 2.05. The highest BCUT2D eigenvalue weighted by atomic mass is 35.5. The lowest BCUT2D eigenvalue weighted by molar-refractivity contribution is 0.0697. The Balaban J connectivity index is 2.12. The van der Waals surface area contributed by atoms with E-state index in [9.17, 15) is 4.79 Å². The molecule has 18 heavy (non-hydrogen) atoms. The number of carboxylic acids is 1. The number of piperazine rings is 1. The van der Waals surface area contributed by atoms with Crippen LogP contribution >= 0.6 is 11.6 Å². The summed E-state index contributed by atoms with van der Waals surface area (Å²) in [5.41, 5.74) is 3.15. The van der Waals surface area contributed by atoms with Gasteiger partial charge in [-0.3, -0.25) is 0 Å². The number of nitrogens with zero attached hydrogens (tertiary/aromatic N) is 3. The Labute approximate surface area is 110 Å². The average molecular weight is 271 g/mol. The van der Waals surface area contributed by atoms with Gasteiger partial charge in [-0.15, -0.1) is 0 Å². The second-order valence-corrected chi connectivity index (χ2v) is 4.62. The van der Waals surface area contributed by atoms with E-state index in [0.29, 0.717) is 5.82 Å². The van der Waals surface area contributed by atoms with Crippen LogP contribution < -0.4 is 5.43 Å². The van der Waals surface area contributed by atoms with Gasteiger partial charge in [0.1, 0.15) is 10.7 Å². The highest BCUT2D eigenvalue weighted by Gasteiger charge is 2.18. The lowest BCUT2D eigenvalue weighted by Crippen LogP contribution is -2.47. The number of carbonyl (C=O) groups is 1. The number of aromatic nitrogens is 1. The Morgan fingerprint density at radius 3 is 2.67 bits per heavy atom. The Hall–Kier alpha value is -1.37. The monoisotopic (exact) mass is 270 g/mol. The molecule has 98 valence electrons. The quantitative estimate of drug-likeness (QED) is 0.799. The summed E-state index contributed by atoms with van der Waals surface area (Å²) in [5, 5.41) is 11.3. The number of carboxylic acid groups (broad SMARTS) is 1. The van der Waals surface area contributed by atoms with E-state index < -0.39 is 5.97 Å². The van der Waals surface area contributed by atoms with E-state index in [0.717, 1.165) is 26.2 Å². The van der Waals surface area contributed by atoms with E-state index in [1.807, 2.05) is 5.01 Å². The number of hydrogen-bond donors (Lipinski definition) is 2. The van der Waals surface area contributed by atoms with Gasteiger partial charge >= 0.3 is 5.97 Å². The number of hydrogen-bond acceptors (Lipinski definition) is 5. The molecule has 0 spiro atoms. The Bertz CT molecular complexity index is 447. The molecule has 6 nitrogen and oxygen atoms in total. The first-order valence-corrected chi connectivity index (χ1v) is 6.04. The summed E-state index contributed by atoms with van der Waals surface area (Å²) in [5.74, 6) is -0.727. The minimum absolute atomic E-state index is 0.123. The van der Waals surface area contributed by atoms with Gasteiger partial charge in [0.2, 0.25) is 0 Å². The van der Waals surface area contributed by atoms with Crippen molar-refractivity contribution in [3.63, 3.8) is 0 Å². The molecule has 2 heterocycles. The number of aromatic carboxylic acids is 1. The Morgan fingerprint density at radius 1 is 1.39 bits per heavy atom. The van der Waals surface area contributed by atoms with Gasteiger partial charge < -0.3 is 15.4 Å². The van der Waals surface area contributed by atoms with Gasteiger partial charge in [0.25, 0.3) is 0 Å². The highest BCUT2D eigenvalue weighted by molar-refractivity contribution is 6.29. The topological polar surface area (TPSA) is 68.7 Å².